The first kappa shape index (κ1) is 18.7. The standard InChI is InChI=1S/C22H16ClN3O3/c23-17-8-10-18(11-9-17)24-20(27)14-28-19-12-6-16(7-13-19)22-25-21(26-29-22)15-4-2-1-3-5-15/h1-13H,14H2,(H,24,27). The highest BCUT2D eigenvalue weighted by atomic mass is 35.5. The van der Waals surface area contributed by atoms with Crippen LogP contribution in [0.2, 0.25) is 5.02 Å². The minimum Gasteiger partial charge on any atom is -0.484 e. The lowest BCUT2D eigenvalue weighted by molar-refractivity contribution is -0.118. The molecule has 0 radical (unpaired) electrons. The highest BCUT2D eigenvalue weighted by molar-refractivity contribution is 6.30. The normalized spacial score (nSPS) is 10.5. The first-order chi connectivity index (χ1) is 14.2. The molecule has 1 N–H and O–H groups in total. The van der Waals surface area contributed by atoms with Crippen molar-refractivity contribution in [3.63, 3.8) is 0 Å². The van der Waals surface area contributed by atoms with Crippen molar-refractivity contribution in [3.8, 4) is 28.6 Å². The Morgan fingerprint density at radius 3 is 2.38 bits per heavy atom. The summed E-state index contributed by atoms with van der Waals surface area (Å²) in [6.45, 7) is -0.110. The van der Waals surface area contributed by atoms with E-state index in [-0.39, 0.29) is 12.5 Å². The van der Waals surface area contributed by atoms with Crippen LogP contribution in [0.3, 0.4) is 0 Å². The Morgan fingerprint density at radius 2 is 1.66 bits per heavy atom. The third-order valence-electron chi connectivity index (χ3n) is 4.06. The van der Waals surface area contributed by atoms with Gasteiger partial charge in [0.2, 0.25) is 5.82 Å². The molecule has 4 aromatic rings. The summed E-state index contributed by atoms with van der Waals surface area (Å²) in [5.41, 5.74) is 2.30. The molecule has 144 valence electrons. The molecule has 0 aliphatic carbocycles. The van der Waals surface area contributed by atoms with Crippen LogP contribution in [0.15, 0.2) is 83.4 Å². The van der Waals surface area contributed by atoms with Crippen LogP contribution in [-0.4, -0.2) is 22.7 Å². The van der Waals surface area contributed by atoms with Crippen LogP contribution in [0, 0.1) is 0 Å². The lowest BCUT2D eigenvalue weighted by Gasteiger charge is -2.08. The van der Waals surface area contributed by atoms with Gasteiger partial charge in [-0.05, 0) is 48.5 Å². The van der Waals surface area contributed by atoms with E-state index in [1.807, 2.05) is 30.3 Å². The van der Waals surface area contributed by atoms with Crippen molar-refractivity contribution in [2.24, 2.45) is 0 Å². The largest absolute Gasteiger partial charge is 0.484 e. The van der Waals surface area contributed by atoms with Crippen LogP contribution in [0.25, 0.3) is 22.8 Å². The van der Waals surface area contributed by atoms with Crippen molar-refractivity contribution < 1.29 is 14.1 Å². The minimum atomic E-state index is -0.263. The van der Waals surface area contributed by atoms with E-state index in [1.165, 1.54) is 0 Å². The lowest BCUT2D eigenvalue weighted by Crippen LogP contribution is -2.20. The van der Waals surface area contributed by atoms with Crippen molar-refractivity contribution in [2.75, 3.05) is 11.9 Å². The van der Waals surface area contributed by atoms with Gasteiger partial charge in [-0.3, -0.25) is 4.79 Å². The predicted molar refractivity (Wildman–Crippen MR) is 111 cm³/mol. The molecule has 0 saturated heterocycles. The molecule has 0 saturated carbocycles. The van der Waals surface area contributed by atoms with Crippen molar-refractivity contribution in [3.05, 3.63) is 83.9 Å². The average molecular weight is 406 g/mol. The number of hydrogen-bond acceptors (Lipinski definition) is 5. The maximum absolute atomic E-state index is 12.0. The fourth-order valence-corrected chi connectivity index (χ4v) is 2.74. The Morgan fingerprint density at radius 1 is 0.931 bits per heavy atom. The van der Waals surface area contributed by atoms with E-state index in [4.69, 9.17) is 20.9 Å². The molecule has 7 heteroatoms. The number of nitrogens with one attached hydrogen (secondary N) is 1. The van der Waals surface area contributed by atoms with E-state index in [2.05, 4.69) is 15.5 Å². The number of carbonyl (C=O) groups is 1. The smallest absolute Gasteiger partial charge is 0.262 e. The first-order valence-corrected chi connectivity index (χ1v) is 9.23. The molecular weight excluding hydrogens is 390 g/mol. The van der Waals surface area contributed by atoms with Crippen LogP contribution in [0.1, 0.15) is 0 Å². The number of rotatable bonds is 6. The fourth-order valence-electron chi connectivity index (χ4n) is 2.62. The Balaban J connectivity index is 1.35. The zero-order chi connectivity index (χ0) is 20.1. The number of carbonyl (C=O) groups excluding carboxylic acids is 1. The molecule has 0 aliphatic heterocycles. The number of anilines is 1. The molecule has 0 bridgehead atoms. The summed E-state index contributed by atoms with van der Waals surface area (Å²) in [6.07, 6.45) is 0. The molecule has 0 unspecified atom stereocenters. The van der Waals surface area contributed by atoms with Crippen molar-refractivity contribution in [2.45, 2.75) is 0 Å². The third kappa shape index (κ3) is 4.80. The van der Waals surface area contributed by atoms with Gasteiger partial charge in [-0.15, -0.1) is 0 Å². The van der Waals surface area contributed by atoms with Crippen LogP contribution in [0.5, 0.6) is 5.75 Å². The lowest BCUT2D eigenvalue weighted by atomic mass is 10.2. The van der Waals surface area contributed by atoms with Gasteiger partial charge in [-0.2, -0.15) is 4.98 Å². The summed E-state index contributed by atoms with van der Waals surface area (Å²) in [5, 5.41) is 7.36. The van der Waals surface area contributed by atoms with Crippen LogP contribution >= 0.6 is 11.6 Å². The van der Waals surface area contributed by atoms with Crippen LogP contribution in [0.4, 0.5) is 5.69 Å². The van der Waals surface area contributed by atoms with Gasteiger partial charge in [-0.1, -0.05) is 47.1 Å². The fraction of sp³-hybridized carbons (Fsp3) is 0.0455. The minimum absolute atomic E-state index is 0.110. The van der Waals surface area contributed by atoms with Gasteiger partial charge < -0.3 is 14.6 Å². The monoisotopic (exact) mass is 405 g/mol. The van der Waals surface area contributed by atoms with Gasteiger partial charge in [0.15, 0.2) is 6.61 Å². The Hall–Kier alpha value is -3.64. The molecule has 6 nitrogen and oxygen atoms in total. The first-order valence-electron chi connectivity index (χ1n) is 8.85. The molecule has 1 heterocycles. The molecule has 0 atom stereocenters. The number of halogens is 1. The van der Waals surface area contributed by atoms with Crippen molar-refractivity contribution in [1.29, 1.82) is 0 Å². The highest BCUT2D eigenvalue weighted by Gasteiger charge is 2.11. The number of nitrogens with zero attached hydrogens (tertiary/aromatic N) is 2. The van der Waals surface area contributed by atoms with Gasteiger partial charge in [0.1, 0.15) is 5.75 Å². The van der Waals surface area contributed by atoms with E-state index in [9.17, 15) is 4.79 Å². The maximum atomic E-state index is 12.0. The molecular formula is C22H16ClN3O3. The second kappa shape index (κ2) is 8.58. The zero-order valence-electron chi connectivity index (χ0n) is 15.2. The topological polar surface area (TPSA) is 77.2 Å². The van der Waals surface area contributed by atoms with Gasteiger partial charge in [0, 0.05) is 21.8 Å². The molecule has 0 fully saturated rings. The van der Waals surface area contributed by atoms with E-state index in [1.54, 1.807) is 48.5 Å². The number of benzene rings is 3. The van der Waals surface area contributed by atoms with E-state index < -0.39 is 0 Å². The second-order valence-corrected chi connectivity index (χ2v) is 6.59. The summed E-state index contributed by atoms with van der Waals surface area (Å²) in [6, 6.07) is 23.6. The summed E-state index contributed by atoms with van der Waals surface area (Å²) in [4.78, 5) is 16.4. The number of hydrogen-bond donors (Lipinski definition) is 1. The number of amides is 1. The molecule has 3 aromatic carbocycles. The van der Waals surface area contributed by atoms with Gasteiger partial charge >= 0.3 is 0 Å². The van der Waals surface area contributed by atoms with E-state index >= 15 is 0 Å². The van der Waals surface area contributed by atoms with Crippen molar-refractivity contribution >= 4 is 23.2 Å². The zero-order valence-corrected chi connectivity index (χ0v) is 16.0. The predicted octanol–water partition coefficient (Wildman–Crippen LogP) is 5.07. The quantitative estimate of drug-likeness (QED) is 0.484. The molecule has 1 amide bonds. The van der Waals surface area contributed by atoms with Gasteiger partial charge in [-0.25, -0.2) is 0 Å². The Bertz CT molecular complexity index is 1090. The van der Waals surface area contributed by atoms with Crippen LogP contribution in [-0.2, 0) is 4.79 Å². The average Bonchev–Trinajstić information content (AvgIpc) is 3.25. The number of aromatic nitrogens is 2. The summed E-state index contributed by atoms with van der Waals surface area (Å²) >= 11 is 5.83. The van der Waals surface area contributed by atoms with Crippen molar-refractivity contribution in [1.82, 2.24) is 10.1 Å². The number of ether oxygens (including phenoxy) is 1. The highest BCUT2D eigenvalue weighted by Crippen LogP contribution is 2.24. The molecule has 4 rings (SSSR count). The van der Waals surface area contributed by atoms with E-state index in [0.29, 0.717) is 28.2 Å². The molecule has 29 heavy (non-hydrogen) atoms. The summed E-state index contributed by atoms with van der Waals surface area (Å²) in [7, 11) is 0. The Labute approximate surface area is 172 Å². The van der Waals surface area contributed by atoms with E-state index in [0.717, 1.165) is 11.1 Å². The van der Waals surface area contributed by atoms with Crippen LogP contribution < -0.4 is 10.1 Å². The van der Waals surface area contributed by atoms with Gasteiger partial charge in [0.25, 0.3) is 11.8 Å². The molecule has 1 aromatic heterocycles. The van der Waals surface area contributed by atoms with Gasteiger partial charge in [0.05, 0.1) is 0 Å². The molecule has 0 spiro atoms. The SMILES string of the molecule is O=C(COc1ccc(-c2nc(-c3ccccc3)no2)cc1)Nc1ccc(Cl)cc1. The Kier molecular flexibility index (Phi) is 5.54. The summed E-state index contributed by atoms with van der Waals surface area (Å²) in [5.74, 6) is 1.24. The summed E-state index contributed by atoms with van der Waals surface area (Å²) < 4.78 is 10.9. The third-order valence-corrected chi connectivity index (χ3v) is 4.31. The maximum Gasteiger partial charge on any atom is 0.262 e. The molecule has 0 aliphatic rings. The second-order valence-electron chi connectivity index (χ2n) is 6.16.